The Morgan fingerprint density at radius 2 is 1.72 bits per heavy atom. The zero-order chi connectivity index (χ0) is 17.9. The molecule has 1 amide bonds. The van der Waals surface area contributed by atoms with E-state index in [0.717, 1.165) is 6.07 Å². The molecular weight excluding hydrogens is 335 g/mol. The molecule has 8 heteroatoms. The average molecular weight is 357 g/mol. The van der Waals surface area contributed by atoms with Gasteiger partial charge in [0.25, 0.3) is 0 Å². The Hall–Kier alpha value is -1.80. The molecule has 0 spiro atoms. The third-order valence-corrected chi connectivity index (χ3v) is 4.63. The lowest BCUT2D eigenvalue weighted by molar-refractivity contribution is -0.138. The number of carbonyl (C=O) groups is 1. The number of anilines is 1. The number of benzene rings is 1. The highest BCUT2D eigenvalue weighted by atomic mass is 19.4. The van der Waals surface area contributed by atoms with Crippen LogP contribution in [0, 0.1) is 0 Å². The van der Waals surface area contributed by atoms with Gasteiger partial charge in [0.1, 0.15) is 0 Å². The maximum Gasteiger partial charge on any atom is 0.416 e. The van der Waals surface area contributed by atoms with Crippen LogP contribution in [0.4, 0.5) is 18.9 Å². The molecule has 0 aliphatic carbocycles. The van der Waals surface area contributed by atoms with Gasteiger partial charge in [-0.15, -0.1) is 0 Å². The van der Waals surface area contributed by atoms with Crippen LogP contribution in [0.25, 0.3) is 0 Å². The molecule has 2 fully saturated rings. The summed E-state index contributed by atoms with van der Waals surface area (Å²) in [5, 5.41) is 0. The van der Waals surface area contributed by atoms with Crippen molar-refractivity contribution >= 4 is 11.6 Å². The lowest BCUT2D eigenvalue weighted by Gasteiger charge is -2.37. The van der Waals surface area contributed by atoms with Crippen LogP contribution in [0.15, 0.2) is 24.3 Å². The first-order valence-electron chi connectivity index (χ1n) is 8.43. The van der Waals surface area contributed by atoms with Crippen LogP contribution < -0.4 is 4.90 Å². The van der Waals surface area contributed by atoms with E-state index < -0.39 is 11.7 Å². The predicted octanol–water partition coefficient (Wildman–Crippen LogP) is 1.69. The minimum absolute atomic E-state index is 0.0934. The van der Waals surface area contributed by atoms with Gasteiger partial charge in [0.15, 0.2) is 0 Å². The SMILES string of the molecule is O=C(CN1CCN(c2cccc(C(F)(F)F)c2)CC1)N1CCOCC1. The number of hydrogen-bond donors (Lipinski definition) is 0. The topological polar surface area (TPSA) is 36.0 Å². The Labute approximate surface area is 144 Å². The van der Waals surface area contributed by atoms with E-state index in [9.17, 15) is 18.0 Å². The standard InChI is InChI=1S/C17H22F3N3O2/c18-17(19,20)14-2-1-3-15(12-14)22-6-4-21(5-7-22)13-16(24)23-8-10-25-11-9-23/h1-3,12H,4-11,13H2. The molecule has 25 heavy (non-hydrogen) atoms. The summed E-state index contributed by atoms with van der Waals surface area (Å²) in [5.41, 5.74) is -0.0519. The summed E-state index contributed by atoms with van der Waals surface area (Å²) in [7, 11) is 0. The van der Waals surface area contributed by atoms with Crippen LogP contribution in [-0.4, -0.2) is 74.7 Å². The summed E-state index contributed by atoms with van der Waals surface area (Å²) in [6.07, 6.45) is -4.33. The number of alkyl halides is 3. The number of nitrogens with zero attached hydrogens (tertiary/aromatic N) is 3. The van der Waals surface area contributed by atoms with Gasteiger partial charge >= 0.3 is 6.18 Å². The highest BCUT2D eigenvalue weighted by Gasteiger charge is 2.31. The number of hydrogen-bond acceptors (Lipinski definition) is 4. The Kier molecular flexibility index (Phi) is 5.48. The van der Waals surface area contributed by atoms with Crippen molar-refractivity contribution in [3.05, 3.63) is 29.8 Å². The van der Waals surface area contributed by atoms with Crippen molar-refractivity contribution in [3.63, 3.8) is 0 Å². The van der Waals surface area contributed by atoms with Crippen molar-refractivity contribution in [2.45, 2.75) is 6.18 Å². The lowest BCUT2D eigenvalue weighted by atomic mass is 10.1. The van der Waals surface area contributed by atoms with Crippen molar-refractivity contribution in [1.29, 1.82) is 0 Å². The third-order valence-electron chi connectivity index (χ3n) is 4.63. The molecule has 0 N–H and O–H groups in total. The molecule has 5 nitrogen and oxygen atoms in total. The largest absolute Gasteiger partial charge is 0.416 e. The number of carbonyl (C=O) groups excluding carboxylic acids is 1. The van der Waals surface area contributed by atoms with Crippen molar-refractivity contribution in [2.24, 2.45) is 0 Å². The van der Waals surface area contributed by atoms with Crippen LogP contribution >= 0.6 is 0 Å². The molecule has 0 saturated carbocycles. The Bertz CT molecular complexity index is 595. The van der Waals surface area contributed by atoms with E-state index in [4.69, 9.17) is 4.74 Å². The number of halogens is 3. The molecule has 2 aliphatic heterocycles. The zero-order valence-electron chi connectivity index (χ0n) is 14.0. The van der Waals surface area contributed by atoms with Crippen molar-refractivity contribution < 1.29 is 22.7 Å². The van der Waals surface area contributed by atoms with Crippen molar-refractivity contribution in [2.75, 3.05) is 63.9 Å². The number of piperazine rings is 1. The maximum atomic E-state index is 12.8. The van der Waals surface area contributed by atoms with Gasteiger partial charge in [0, 0.05) is 45.0 Å². The predicted molar refractivity (Wildman–Crippen MR) is 87.5 cm³/mol. The van der Waals surface area contributed by atoms with E-state index >= 15 is 0 Å². The number of ether oxygens (including phenoxy) is 1. The molecule has 2 heterocycles. The summed E-state index contributed by atoms with van der Waals surface area (Å²) < 4.78 is 43.8. The fourth-order valence-electron chi connectivity index (χ4n) is 3.15. The molecule has 2 aliphatic rings. The molecule has 3 rings (SSSR count). The van der Waals surface area contributed by atoms with E-state index in [1.807, 2.05) is 9.80 Å². The summed E-state index contributed by atoms with van der Waals surface area (Å²) in [6.45, 7) is 5.31. The highest BCUT2D eigenvalue weighted by molar-refractivity contribution is 5.78. The van der Waals surface area contributed by atoms with Gasteiger partial charge in [0.2, 0.25) is 5.91 Å². The minimum Gasteiger partial charge on any atom is -0.378 e. The van der Waals surface area contributed by atoms with E-state index in [0.29, 0.717) is 64.7 Å². The molecule has 2 saturated heterocycles. The first-order valence-corrected chi connectivity index (χ1v) is 8.43. The monoisotopic (exact) mass is 357 g/mol. The Balaban J connectivity index is 1.52. The van der Waals surface area contributed by atoms with Gasteiger partial charge in [-0.3, -0.25) is 9.69 Å². The first kappa shape index (κ1) is 18.0. The first-order chi connectivity index (χ1) is 11.9. The summed E-state index contributed by atoms with van der Waals surface area (Å²) in [4.78, 5) is 18.1. The molecule has 0 unspecified atom stereocenters. The average Bonchev–Trinajstić information content (AvgIpc) is 2.62. The Morgan fingerprint density at radius 3 is 2.36 bits per heavy atom. The van der Waals surface area contributed by atoms with Gasteiger partial charge in [-0.1, -0.05) is 6.07 Å². The second-order valence-corrected chi connectivity index (χ2v) is 6.30. The number of amides is 1. The second kappa shape index (κ2) is 7.61. The second-order valence-electron chi connectivity index (χ2n) is 6.30. The van der Waals surface area contributed by atoms with E-state index in [2.05, 4.69) is 4.90 Å². The van der Waals surface area contributed by atoms with Gasteiger partial charge < -0.3 is 14.5 Å². The van der Waals surface area contributed by atoms with Crippen LogP contribution in [0.1, 0.15) is 5.56 Å². The Morgan fingerprint density at radius 1 is 1.04 bits per heavy atom. The fourth-order valence-corrected chi connectivity index (χ4v) is 3.15. The minimum atomic E-state index is -4.33. The van der Waals surface area contributed by atoms with Gasteiger partial charge in [-0.05, 0) is 18.2 Å². The van der Waals surface area contributed by atoms with Crippen LogP contribution in [0.2, 0.25) is 0 Å². The van der Waals surface area contributed by atoms with Crippen LogP contribution in [0.5, 0.6) is 0 Å². The van der Waals surface area contributed by atoms with E-state index in [-0.39, 0.29) is 5.91 Å². The van der Waals surface area contributed by atoms with E-state index in [1.165, 1.54) is 12.1 Å². The quantitative estimate of drug-likeness (QED) is 0.825. The van der Waals surface area contributed by atoms with Crippen molar-refractivity contribution in [1.82, 2.24) is 9.80 Å². The third kappa shape index (κ3) is 4.64. The molecule has 1 aromatic rings. The van der Waals surface area contributed by atoms with Crippen LogP contribution in [0.3, 0.4) is 0 Å². The zero-order valence-corrected chi connectivity index (χ0v) is 14.0. The summed E-state index contributed by atoms with van der Waals surface area (Å²) in [5.74, 6) is 0.0934. The molecule has 0 aromatic heterocycles. The van der Waals surface area contributed by atoms with E-state index in [1.54, 1.807) is 6.07 Å². The fraction of sp³-hybridized carbons (Fsp3) is 0.588. The normalized spacial score (nSPS) is 20.0. The van der Waals surface area contributed by atoms with Gasteiger partial charge in [-0.2, -0.15) is 13.2 Å². The molecule has 138 valence electrons. The summed E-state index contributed by atoms with van der Waals surface area (Å²) >= 11 is 0. The molecule has 1 aromatic carbocycles. The molecule has 0 radical (unpaired) electrons. The number of morpholine rings is 1. The van der Waals surface area contributed by atoms with Crippen molar-refractivity contribution in [3.8, 4) is 0 Å². The lowest BCUT2D eigenvalue weighted by Crippen LogP contribution is -2.51. The molecule has 0 bridgehead atoms. The van der Waals surface area contributed by atoms with Gasteiger partial charge in [-0.25, -0.2) is 0 Å². The molecule has 0 atom stereocenters. The maximum absolute atomic E-state index is 12.8. The molecular formula is C17H22F3N3O2. The van der Waals surface area contributed by atoms with Gasteiger partial charge in [0.05, 0.1) is 25.3 Å². The summed E-state index contributed by atoms with van der Waals surface area (Å²) in [6, 6.07) is 5.41. The number of rotatable bonds is 3. The van der Waals surface area contributed by atoms with Crippen LogP contribution in [-0.2, 0) is 15.7 Å². The smallest absolute Gasteiger partial charge is 0.378 e. The highest BCUT2D eigenvalue weighted by Crippen LogP contribution is 2.31.